The highest BCUT2D eigenvalue weighted by Gasteiger charge is 2.19. The monoisotopic (exact) mass is 695 g/mol. The maximum absolute atomic E-state index is 12.7. The van der Waals surface area contributed by atoms with E-state index in [-0.39, 0.29) is 24.4 Å². The number of carboxylic acids is 1. The maximum atomic E-state index is 12.7. The average Bonchev–Trinajstić information content (AvgIpc) is 3.10. The number of aliphatic carboxylic acids is 1. The molecule has 0 rings (SSSR count). The number of rotatable bonds is 33. The molecule has 7 nitrogen and oxygen atoms in total. The molecule has 0 fully saturated rings. The summed E-state index contributed by atoms with van der Waals surface area (Å²) in [4.78, 5) is 36.3. The zero-order valence-corrected chi connectivity index (χ0v) is 31.5. The van der Waals surface area contributed by atoms with E-state index in [4.69, 9.17) is 10.5 Å². The highest BCUT2D eigenvalue weighted by atomic mass is 16.5. The maximum Gasteiger partial charge on any atom is 0.326 e. The number of nitrogens with one attached hydrogen (secondary N) is 1. The van der Waals surface area contributed by atoms with Gasteiger partial charge in [0.15, 0.2) is 0 Å². The van der Waals surface area contributed by atoms with Crippen LogP contribution in [0.3, 0.4) is 0 Å². The van der Waals surface area contributed by atoms with E-state index in [1.807, 2.05) is 6.08 Å². The molecule has 7 heteroatoms. The lowest BCUT2D eigenvalue weighted by Crippen LogP contribution is -2.40. The van der Waals surface area contributed by atoms with Gasteiger partial charge in [0.05, 0.1) is 0 Å². The summed E-state index contributed by atoms with van der Waals surface area (Å²) >= 11 is 0. The fraction of sp³-hybridized carbons (Fsp3) is 0.605. The SMILES string of the molecule is CC/C=C\C/C=C\C/C=C\C/C=C\C(CCCCCC(=O)NC(CCCN)C(=O)O)OC(=O)CCCCCCC/C=C\C/C=C\C/C=C\CC. The molecule has 50 heavy (non-hydrogen) atoms. The molecule has 4 N–H and O–H groups in total. The Morgan fingerprint density at radius 2 is 1.10 bits per heavy atom. The summed E-state index contributed by atoms with van der Waals surface area (Å²) in [5, 5.41) is 11.9. The second kappa shape index (κ2) is 36.8. The van der Waals surface area contributed by atoms with Crippen molar-refractivity contribution in [1.82, 2.24) is 5.32 Å². The van der Waals surface area contributed by atoms with Gasteiger partial charge in [-0.3, -0.25) is 9.59 Å². The highest BCUT2D eigenvalue weighted by Crippen LogP contribution is 2.14. The van der Waals surface area contributed by atoms with Crippen molar-refractivity contribution in [3.05, 3.63) is 85.1 Å². The van der Waals surface area contributed by atoms with Gasteiger partial charge < -0.3 is 20.9 Å². The van der Waals surface area contributed by atoms with Crippen molar-refractivity contribution in [1.29, 1.82) is 0 Å². The summed E-state index contributed by atoms with van der Waals surface area (Å²) < 4.78 is 5.87. The van der Waals surface area contributed by atoms with Crippen molar-refractivity contribution in [3.63, 3.8) is 0 Å². The van der Waals surface area contributed by atoms with Crippen molar-refractivity contribution in [2.75, 3.05) is 6.54 Å². The van der Waals surface area contributed by atoms with Gasteiger partial charge in [0.1, 0.15) is 12.1 Å². The molecule has 0 spiro atoms. The molecule has 0 heterocycles. The lowest BCUT2D eigenvalue weighted by Gasteiger charge is -2.15. The Hall–Kier alpha value is -3.45. The van der Waals surface area contributed by atoms with E-state index in [1.54, 1.807) is 0 Å². The van der Waals surface area contributed by atoms with Crippen molar-refractivity contribution in [2.45, 2.75) is 161 Å². The minimum absolute atomic E-state index is 0.157. The number of nitrogens with two attached hydrogens (primary N) is 1. The van der Waals surface area contributed by atoms with Gasteiger partial charge in [0.2, 0.25) is 5.91 Å². The van der Waals surface area contributed by atoms with Crippen LogP contribution in [0, 0.1) is 0 Å². The standard InChI is InChI=1S/C43H70N2O5/c1-3-5-7-9-11-13-15-16-17-18-20-22-24-26-31-37-42(47)50-39(33-28-25-23-21-19-14-12-10-8-6-4-2)34-29-27-30-36-41(46)45-40(43(48)49)35-32-38-44/h5-8,11-14,16-17,21,23,28,33,39-40H,3-4,9-10,15,18-20,22,24-27,29-32,34-38,44H2,1-2H3,(H,45,46)(H,48,49)/b7-5-,8-6-,13-11-,14-12-,17-16-,23-21-,33-28-. The molecule has 2 unspecified atom stereocenters. The fourth-order valence-corrected chi connectivity index (χ4v) is 5.08. The van der Waals surface area contributed by atoms with Crippen LogP contribution in [0.25, 0.3) is 0 Å². The molecular formula is C43H70N2O5. The van der Waals surface area contributed by atoms with Gasteiger partial charge >= 0.3 is 11.9 Å². The number of hydrogen-bond acceptors (Lipinski definition) is 5. The Bertz CT molecular complexity index is 1050. The van der Waals surface area contributed by atoms with Crippen molar-refractivity contribution < 1.29 is 24.2 Å². The first kappa shape index (κ1) is 46.5. The molecule has 282 valence electrons. The van der Waals surface area contributed by atoms with Crippen molar-refractivity contribution in [2.24, 2.45) is 5.73 Å². The Labute approximate surface area is 305 Å². The lowest BCUT2D eigenvalue weighted by atomic mass is 10.1. The zero-order valence-electron chi connectivity index (χ0n) is 31.5. The van der Waals surface area contributed by atoms with E-state index in [1.165, 1.54) is 12.8 Å². The molecule has 0 aliphatic carbocycles. The van der Waals surface area contributed by atoms with E-state index < -0.39 is 12.0 Å². The number of carbonyl (C=O) groups is 3. The molecule has 0 aliphatic heterocycles. The van der Waals surface area contributed by atoms with E-state index >= 15 is 0 Å². The highest BCUT2D eigenvalue weighted by molar-refractivity contribution is 5.83. The molecular weight excluding hydrogens is 624 g/mol. The van der Waals surface area contributed by atoms with Crippen molar-refractivity contribution >= 4 is 17.8 Å². The molecule has 0 aromatic carbocycles. The molecule has 0 saturated carbocycles. The smallest absolute Gasteiger partial charge is 0.326 e. The summed E-state index contributed by atoms with van der Waals surface area (Å²) in [6, 6.07) is -0.897. The number of hydrogen-bond donors (Lipinski definition) is 3. The van der Waals surface area contributed by atoms with E-state index in [2.05, 4.69) is 98.2 Å². The van der Waals surface area contributed by atoms with E-state index in [9.17, 15) is 19.5 Å². The fourth-order valence-electron chi connectivity index (χ4n) is 5.08. The van der Waals surface area contributed by atoms with Gasteiger partial charge in [-0.05, 0) is 109 Å². The Morgan fingerprint density at radius 1 is 0.600 bits per heavy atom. The van der Waals surface area contributed by atoms with Crippen molar-refractivity contribution in [3.8, 4) is 0 Å². The number of ether oxygens (including phenoxy) is 1. The summed E-state index contributed by atoms with van der Waals surface area (Å²) in [6.07, 6.45) is 47.7. The van der Waals surface area contributed by atoms with Crippen LogP contribution >= 0.6 is 0 Å². The van der Waals surface area contributed by atoms with Gasteiger partial charge in [-0.25, -0.2) is 4.79 Å². The van der Waals surface area contributed by atoms with Crippen LogP contribution in [0.4, 0.5) is 0 Å². The third-order valence-corrected chi connectivity index (χ3v) is 7.94. The van der Waals surface area contributed by atoms with Crippen LogP contribution in [0.2, 0.25) is 0 Å². The first-order chi connectivity index (χ1) is 24.4. The molecule has 0 radical (unpaired) electrons. The molecule has 0 bridgehead atoms. The molecule has 1 amide bonds. The van der Waals surface area contributed by atoms with Gasteiger partial charge in [0.25, 0.3) is 0 Å². The number of unbranched alkanes of at least 4 members (excludes halogenated alkanes) is 7. The average molecular weight is 695 g/mol. The minimum Gasteiger partial charge on any atom is -0.480 e. The van der Waals surface area contributed by atoms with Gasteiger partial charge in [-0.1, -0.05) is 119 Å². The quantitative estimate of drug-likeness (QED) is 0.0357. The van der Waals surface area contributed by atoms with Crippen LogP contribution in [-0.2, 0) is 19.1 Å². The summed E-state index contributed by atoms with van der Waals surface area (Å²) in [5.74, 6) is -1.45. The molecule has 0 aromatic rings. The van der Waals surface area contributed by atoms with Gasteiger partial charge in [-0.2, -0.15) is 0 Å². The largest absolute Gasteiger partial charge is 0.480 e. The Balaban J connectivity index is 4.55. The number of allylic oxidation sites excluding steroid dienone is 13. The Morgan fingerprint density at radius 3 is 1.68 bits per heavy atom. The number of esters is 1. The van der Waals surface area contributed by atoms with Crippen LogP contribution in [0.15, 0.2) is 85.1 Å². The van der Waals surface area contributed by atoms with Crippen LogP contribution in [-0.4, -0.2) is 41.6 Å². The Kier molecular flexibility index (Phi) is 34.3. The van der Waals surface area contributed by atoms with Crippen LogP contribution in [0.5, 0.6) is 0 Å². The second-order valence-electron chi connectivity index (χ2n) is 12.6. The van der Waals surface area contributed by atoms with E-state index in [0.717, 1.165) is 83.5 Å². The molecule has 0 saturated heterocycles. The second-order valence-corrected chi connectivity index (χ2v) is 12.6. The first-order valence-electron chi connectivity index (χ1n) is 19.4. The summed E-state index contributed by atoms with van der Waals surface area (Å²) in [7, 11) is 0. The summed E-state index contributed by atoms with van der Waals surface area (Å²) in [6.45, 7) is 4.67. The summed E-state index contributed by atoms with van der Waals surface area (Å²) in [5.41, 5.74) is 5.48. The predicted molar refractivity (Wildman–Crippen MR) is 211 cm³/mol. The van der Waals surface area contributed by atoms with Crippen LogP contribution in [0.1, 0.15) is 149 Å². The number of amides is 1. The molecule has 2 atom stereocenters. The molecule has 0 aliphatic rings. The first-order valence-corrected chi connectivity index (χ1v) is 19.4. The normalized spacial score (nSPS) is 13.7. The third-order valence-electron chi connectivity index (χ3n) is 7.94. The minimum atomic E-state index is -1.03. The topological polar surface area (TPSA) is 119 Å². The lowest BCUT2D eigenvalue weighted by molar-refractivity contribution is -0.147. The molecule has 0 aromatic heterocycles. The predicted octanol–water partition coefficient (Wildman–Crippen LogP) is 10.6. The van der Waals surface area contributed by atoms with E-state index in [0.29, 0.717) is 38.6 Å². The van der Waals surface area contributed by atoms with Gasteiger partial charge in [0, 0.05) is 12.8 Å². The number of carbonyl (C=O) groups excluding carboxylic acids is 2. The zero-order chi connectivity index (χ0) is 36.8. The van der Waals surface area contributed by atoms with Crippen LogP contribution < -0.4 is 11.1 Å². The third kappa shape index (κ3) is 33.1. The number of carboxylic acid groups (broad SMARTS) is 1. The van der Waals surface area contributed by atoms with Gasteiger partial charge in [-0.15, -0.1) is 0 Å².